The molecule has 2 aromatic heterocycles. The number of piperidine rings is 1. The molecule has 0 N–H and O–H groups in total. The quantitative estimate of drug-likeness (QED) is 0.692. The van der Waals surface area contributed by atoms with Gasteiger partial charge in [0.15, 0.2) is 0 Å². The molecular formula is C20H18FN5O2. The highest BCUT2D eigenvalue weighted by atomic mass is 19.1. The van der Waals surface area contributed by atoms with Gasteiger partial charge in [0.05, 0.1) is 6.20 Å². The maximum atomic E-state index is 13.1. The Morgan fingerprint density at radius 1 is 1.07 bits per heavy atom. The van der Waals surface area contributed by atoms with E-state index >= 15 is 0 Å². The predicted octanol–water partition coefficient (Wildman–Crippen LogP) is 3.22. The first kappa shape index (κ1) is 18.0. The average molecular weight is 379 g/mol. The van der Waals surface area contributed by atoms with Crippen LogP contribution >= 0.6 is 0 Å². The molecule has 3 heterocycles. The van der Waals surface area contributed by atoms with Crippen LogP contribution in [0.25, 0.3) is 0 Å². The Labute approximate surface area is 161 Å². The lowest BCUT2D eigenvalue weighted by Gasteiger charge is -2.32. The van der Waals surface area contributed by atoms with Crippen LogP contribution in [0, 0.1) is 5.82 Å². The lowest BCUT2D eigenvalue weighted by atomic mass is 9.94. The maximum absolute atomic E-state index is 13.1. The highest BCUT2D eigenvalue weighted by Gasteiger charge is 2.29. The van der Waals surface area contributed by atoms with Crippen molar-refractivity contribution >= 4 is 5.91 Å². The fraction of sp³-hybridized carbons (Fsp3) is 0.250. The summed E-state index contributed by atoms with van der Waals surface area (Å²) in [6.45, 7) is 1.15. The average Bonchev–Trinajstić information content (AvgIpc) is 2.76. The molecule has 1 amide bonds. The summed E-state index contributed by atoms with van der Waals surface area (Å²) in [6, 6.07) is 5.73. The van der Waals surface area contributed by atoms with E-state index in [4.69, 9.17) is 4.74 Å². The Kier molecular flexibility index (Phi) is 5.18. The van der Waals surface area contributed by atoms with Gasteiger partial charge in [-0.1, -0.05) is 0 Å². The van der Waals surface area contributed by atoms with Gasteiger partial charge in [0.25, 0.3) is 5.91 Å². The Morgan fingerprint density at radius 3 is 2.64 bits per heavy atom. The molecule has 0 bridgehead atoms. The minimum Gasteiger partial charge on any atom is -0.437 e. The molecular weight excluding hydrogens is 361 g/mol. The van der Waals surface area contributed by atoms with E-state index in [2.05, 4.69) is 19.9 Å². The van der Waals surface area contributed by atoms with Gasteiger partial charge >= 0.3 is 0 Å². The van der Waals surface area contributed by atoms with Crippen molar-refractivity contribution in [1.29, 1.82) is 0 Å². The summed E-state index contributed by atoms with van der Waals surface area (Å²) < 4.78 is 19.0. The van der Waals surface area contributed by atoms with Crippen LogP contribution in [0.2, 0.25) is 0 Å². The van der Waals surface area contributed by atoms with Gasteiger partial charge in [-0.3, -0.25) is 14.8 Å². The Morgan fingerprint density at radius 2 is 1.86 bits per heavy atom. The number of aromatic nitrogens is 4. The van der Waals surface area contributed by atoms with Gasteiger partial charge in [-0.2, -0.15) is 0 Å². The van der Waals surface area contributed by atoms with Gasteiger partial charge in [0, 0.05) is 43.8 Å². The molecule has 7 nitrogen and oxygen atoms in total. The first-order chi connectivity index (χ1) is 13.7. The van der Waals surface area contributed by atoms with Crippen molar-refractivity contribution in [2.75, 3.05) is 13.1 Å². The number of hydrogen-bond donors (Lipinski definition) is 0. The number of amides is 1. The summed E-state index contributed by atoms with van der Waals surface area (Å²) in [6.07, 6.45) is 9.37. The fourth-order valence-corrected chi connectivity index (χ4v) is 3.27. The SMILES string of the molecule is O=C(c1cnccn1)N1CCC[C@H](c2nccnc2Oc2ccc(F)cc2)C1. The van der Waals surface area contributed by atoms with Crippen molar-refractivity contribution in [1.82, 2.24) is 24.8 Å². The van der Waals surface area contributed by atoms with Crippen LogP contribution < -0.4 is 4.74 Å². The fourth-order valence-electron chi connectivity index (χ4n) is 3.27. The van der Waals surface area contributed by atoms with E-state index in [1.54, 1.807) is 29.4 Å². The highest BCUT2D eigenvalue weighted by Crippen LogP contribution is 2.33. The van der Waals surface area contributed by atoms with E-state index in [9.17, 15) is 9.18 Å². The van der Waals surface area contributed by atoms with Crippen molar-refractivity contribution < 1.29 is 13.9 Å². The number of carbonyl (C=O) groups excluding carboxylic acids is 1. The third-order valence-corrected chi connectivity index (χ3v) is 4.60. The topological polar surface area (TPSA) is 81.1 Å². The van der Waals surface area contributed by atoms with Crippen molar-refractivity contribution in [3.63, 3.8) is 0 Å². The van der Waals surface area contributed by atoms with E-state index in [0.29, 0.717) is 36.1 Å². The second-order valence-corrected chi connectivity index (χ2v) is 6.48. The number of carbonyl (C=O) groups is 1. The van der Waals surface area contributed by atoms with E-state index in [0.717, 1.165) is 12.8 Å². The summed E-state index contributed by atoms with van der Waals surface area (Å²) in [5, 5.41) is 0. The highest BCUT2D eigenvalue weighted by molar-refractivity contribution is 5.92. The number of ether oxygens (including phenoxy) is 1. The van der Waals surface area contributed by atoms with Gasteiger partial charge in [0.2, 0.25) is 5.88 Å². The number of halogens is 1. The van der Waals surface area contributed by atoms with Crippen molar-refractivity contribution in [3.05, 3.63) is 72.5 Å². The summed E-state index contributed by atoms with van der Waals surface area (Å²) >= 11 is 0. The van der Waals surface area contributed by atoms with Crippen LogP contribution in [0.1, 0.15) is 34.9 Å². The van der Waals surface area contributed by atoms with Crippen molar-refractivity contribution in [2.45, 2.75) is 18.8 Å². The smallest absolute Gasteiger partial charge is 0.274 e. The number of benzene rings is 1. The van der Waals surface area contributed by atoms with Crippen LogP contribution in [0.3, 0.4) is 0 Å². The molecule has 142 valence electrons. The third-order valence-electron chi connectivity index (χ3n) is 4.60. The third kappa shape index (κ3) is 3.95. The van der Waals surface area contributed by atoms with Gasteiger partial charge in [-0.25, -0.2) is 14.4 Å². The Bertz CT molecular complexity index is 952. The Balaban J connectivity index is 1.54. The molecule has 0 radical (unpaired) electrons. The summed E-state index contributed by atoms with van der Waals surface area (Å²) in [5.74, 6) is 0.345. The molecule has 1 aromatic carbocycles. The predicted molar refractivity (Wildman–Crippen MR) is 98.4 cm³/mol. The van der Waals surface area contributed by atoms with Crippen LogP contribution in [0.5, 0.6) is 11.6 Å². The number of likely N-dealkylation sites (tertiary alicyclic amines) is 1. The van der Waals surface area contributed by atoms with Crippen LogP contribution in [-0.4, -0.2) is 43.8 Å². The molecule has 1 fully saturated rings. The summed E-state index contributed by atoms with van der Waals surface area (Å²) in [4.78, 5) is 31.3. The zero-order valence-corrected chi connectivity index (χ0v) is 15.0. The molecule has 28 heavy (non-hydrogen) atoms. The second kappa shape index (κ2) is 8.08. The largest absolute Gasteiger partial charge is 0.437 e. The minimum atomic E-state index is -0.336. The van der Waals surface area contributed by atoms with Gasteiger partial charge in [-0.15, -0.1) is 0 Å². The molecule has 3 aromatic rings. The summed E-state index contributed by atoms with van der Waals surface area (Å²) in [5.41, 5.74) is 1.01. The number of nitrogens with zero attached hydrogens (tertiary/aromatic N) is 5. The lowest BCUT2D eigenvalue weighted by Crippen LogP contribution is -2.39. The Hall–Kier alpha value is -3.42. The molecule has 0 unspecified atom stereocenters. The zero-order chi connectivity index (χ0) is 19.3. The van der Waals surface area contributed by atoms with Gasteiger partial charge in [-0.05, 0) is 37.1 Å². The van der Waals surface area contributed by atoms with Crippen LogP contribution in [-0.2, 0) is 0 Å². The van der Waals surface area contributed by atoms with E-state index in [-0.39, 0.29) is 17.6 Å². The molecule has 1 atom stereocenters. The van der Waals surface area contributed by atoms with Crippen molar-refractivity contribution in [2.24, 2.45) is 0 Å². The molecule has 1 aliphatic heterocycles. The molecule has 4 rings (SSSR count). The van der Waals surface area contributed by atoms with E-state index < -0.39 is 0 Å². The molecule has 1 aliphatic rings. The summed E-state index contributed by atoms with van der Waals surface area (Å²) in [7, 11) is 0. The minimum absolute atomic E-state index is 0.0153. The van der Waals surface area contributed by atoms with E-state index in [1.165, 1.54) is 30.7 Å². The lowest BCUT2D eigenvalue weighted by molar-refractivity contribution is 0.0698. The molecule has 0 spiro atoms. The van der Waals surface area contributed by atoms with Gasteiger partial charge < -0.3 is 9.64 Å². The first-order valence-corrected chi connectivity index (χ1v) is 9.00. The first-order valence-electron chi connectivity index (χ1n) is 9.00. The monoisotopic (exact) mass is 379 g/mol. The zero-order valence-electron chi connectivity index (χ0n) is 15.0. The number of rotatable bonds is 4. The van der Waals surface area contributed by atoms with Gasteiger partial charge in [0.1, 0.15) is 23.0 Å². The van der Waals surface area contributed by atoms with E-state index in [1.807, 2.05) is 0 Å². The maximum Gasteiger partial charge on any atom is 0.274 e. The molecule has 1 saturated heterocycles. The normalized spacial score (nSPS) is 16.6. The molecule has 8 heteroatoms. The van der Waals surface area contributed by atoms with Crippen LogP contribution in [0.15, 0.2) is 55.2 Å². The van der Waals surface area contributed by atoms with Crippen LogP contribution in [0.4, 0.5) is 4.39 Å². The number of hydrogen-bond acceptors (Lipinski definition) is 6. The molecule has 0 aliphatic carbocycles. The second-order valence-electron chi connectivity index (χ2n) is 6.48. The standard InChI is InChI=1S/C20H18FN5O2/c21-15-3-5-16(6-4-15)28-19-18(24-9-10-25-19)14-2-1-11-26(13-14)20(27)17-12-22-7-8-23-17/h3-10,12,14H,1-2,11,13H2/t14-/m0/s1. The molecule has 0 saturated carbocycles. The van der Waals surface area contributed by atoms with Crippen molar-refractivity contribution in [3.8, 4) is 11.6 Å².